The van der Waals surface area contributed by atoms with Crippen LogP contribution in [0.4, 0.5) is 19.4 Å². The molecule has 1 aliphatic carbocycles. The topological polar surface area (TPSA) is 105 Å². The Morgan fingerprint density at radius 2 is 2.19 bits per heavy atom. The van der Waals surface area contributed by atoms with Gasteiger partial charge in [-0.3, -0.25) is 0 Å². The molecule has 3 N–H and O–H groups in total. The van der Waals surface area contributed by atoms with E-state index in [4.69, 9.17) is 4.74 Å². The van der Waals surface area contributed by atoms with Crippen molar-refractivity contribution in [3.05, 3.63) is 36.3 Å². The monoisotopic (exact) mass is 428 g/mol. The summed E-state index contributed by atoms with van der Waals surface area (Å²) < 4.78 is 33.9. The molecule has 2 fully saturated rings. The molecule has 8 nitrogen and oxygen atoms in total. The Kier molecular flexibility index (Phi) is 4.71. The number of carbonyl (C=O) groups is 1. The summed E-state index contributed by atoms with van der Waals surface area (Å²) in [5.74, 6) is -0.739. The van der Waals surface area contributed by atoms with E-state index in [2.05, 4.69) is 30.6 Å². The number of H-pyrrole nitrogens is 1. The van der Waals surface area contributed by atoms with Gasteiger partial charge in [0.15, 0.2) is 17.5 Å². The molecule has 0 aromatic carbocycles. The quantitative estimate of drug-likeness (QED) is 0.582. The van der Waals surface area contributed by atoms with Crippen molar-refractivity contribution in [3.8, 4) is 11.4 Å². The summed E-state index contributed by atoms with van der Waals surface area (Å²) in [4.78, 5) is 27.2. The van der Waals surface area contributed by atoms with Crippen molar-refractivity contribution < 1.29 is 18.3 Å². The highest BCUT2D eigenvalue weighted by atomic mass is 19.1. The van der Waals surface area contributed by atoms with Crippen LogP contribution in [0.25, 0.3) is 22.4 Å². The van der Waals surface area contributed by atoms with Gasteiger partial charge in [-0.25, -0.2) is 28.5 Å². The molecule has 1 spiro atoms. The molecule has 1 saturated carbocycles. The summed E-state index contributed by atoms with van der Waals surface area (Å²) in [6.45, 7) is 2.01. The van der Waals surface area contributed by atoms with E-state index >= 15 is 0 Å². The number of ether oxygens (including phenoxy) is 1. The van der Waals surface area contributed by atoms with Gasteiger partial charge in [-0.15, -0.1) is 0 Å². The van der Waals surface area contributed by atoms with Crippen LogP contribution in [0.1, 0.15) is 39.0 Å². The first-order valence-corrected chi connectivity index (χ1v) is 10.4. The van der Waals surface area contributed by atoms with Crippen molar-refractivity contribution in [3.63, 3.8) is 0 Å². The third-order valence-corrected chi connectivity index (χ3v) is 6.20. The molecule has 2 aliphatic rings. The number of aromatic nitrogens is 4. The fourth-order valence-corrected chi connectivity index (χ4v) is 4.79. The van der Waals surface area contributed by atoms with Gasteiger partial charge in [0.25, 0.3) is 0 Å². The van der Waals surface area contributed by atoms with Crippen molar-refractivity contribution in [2.75, 3.05) is 5.32 Å². The van der Waals surface area contributed by atoms with Crippen LogP contribution in [-0.2, 0) is 4.74 Å². The van der Waals surface area contributed by atoms with Crippen LogP contribution in [0.3, 0.4) is 0 Å². The highest BCUT2D eigenvalue weighted by Gasteiger charge is 2.50. The van der Waals surface area contributed by atoms with E-state index in [0.29, 0.717) is 23.0 Å². The maximum Gasteiger partial charge on any atom is 0.408 e. The van der Waals surface area contributed by atoms with E-state index in [1.54, 1.807) is 6.20 Å². The zero-order valence-electron chi connectivity index (χ0n) is 16.9. The van der Waals surface area contributed by atoms with E-state index < -0.39 is 23.3 Å². The van der Waals surface area contributed by atoms with E-state index in [9.17, 15) is 13.6 Å². The normalized spacial score (nSPS) is 25.6. The smallest absolute Gasteiger partial charge is 0.408 e. The molecule has 5 rings (SSSR count). The lowest BCUT2D eigenvalue weighted by Crippen LogP contribution is -2.49. The Morgan fingerprint density at radius 3 is 3.03 bits per heavy atom. The zero-order valence-corrected chi connectivity index (χ0v) is 16.9. The number of amides is 1. The Bertz CT molecular complexity index is 1150. The molecular formula is C21H22F2N6O2. The van der Waals surface area contributed by atoms with Gasteiger partial charge in [-0.1, -0.05) is 6.92 Å². The Hall–Kier alpha value is -3.30. The number of pyridine rings is 1. The fraction of sp³-hybridized carbons (Fsp3) is 0.429. The number of aromatic amines is 1. The zero-order chi connectivity index (χ0) is 21.6. The molecule has 31 heavy (non-hydrogen) atoms. The summed E-state index contributed by atoms with van der Waals surface area (Å²) >= 11 is 0. The van der Waals surface area contributed by atoms with Crippen molar-refractivity contribution in [2.24, 2.45) is 0 Å². The highest BCUT2D eigenvalue weighted by Crippen LogP contribution is 2.40. The minimum Gasteiger partial charge on any atom is -0.441 e. The molecule has 3 aromatic rings. The third kappa shape index (κ3) is 3.45. The molecule has 0 unspecified atom stereocenters. The summed E-state index contributed by atoms with van der Waals surface area (Å²) in [7, 11) is 0. The number of nitrogens with one attached hydrogen (secondary N) is 3. The molecule has 1 saturated heterocycles. The number of nitrogens with zero attached hydrogens (tertiary/aromatic N) is 3. The standard InChI is InChI=1S/C21H22F2N6O2/c1-2-16-21(31-20(30)28-16)5-3-4-12(7-21)27-19-15(23)10-26-18(29-19)14-9-25-17-13(14)6-11(22)8-24-17/h6,8-10,12,16H,2-5,7H2,1H3,(H,24,25)(H,28,30)(H,26,27,29)/t12-,16-,21+/m0/s1. The van der Waals surface area contributed by atoms with Crippen LogP contribution in [0, 0.1) is 11.6 Å². The Labute approximate surface area is 176 Å². The fourth-order valence-electron chi connectivity index (χ4n) is 4.79. The molecule has 1 aliphatic heterocycles. The maximum atomic E-state index is 14.6. The first-order chi connectivity index (χ1) is 15.0. The van der Waals surface area contributed by atoms with Gasteiger partial charge in [0.05, 0.1) is 18.4 Å². The molecule has 0 bridgehead atoms. The first kappa shape index (κ1) is 19.7. The Morgan fingerprint density at radius 1 is 1.32 bits per heavy atom. The summed E-state index contributed by atoms with van der Waals surface area (Å²) in [5.41, 5.74) is 0.438. The predicted octanol–water partition coefficient (Wildman–Crippen LogP) is 3.91. The average Bonchev–Trinajstić information content (AvgIpc) is 3.29. The number of carbonyl (C=O) groups excluding carboxylic acids is 1. The largest absolute Gasteiger partial charge is 0.441 e. The third-order valence-electron chi connectivity index (χ3n) is 6.20. The van der Waals surface area contributed by atoms with Crippen LogP contribution in [0.2, 0.25) is 0 Å². The van der Waals surface area contributed by atoms with Gasteiger partial charge in [-0.05, 0) is 31.7 Å². The number of halogens is 2. The summed E-state index contributed by atoms with van der Waals surface area (Å²) in [6, 6.07) is 1.16. The van der Waals surface area contributed by atoms with Crippen molar-refractivity contribution in [1.82, 2.24) is 25.3 Å². The van der Waals surface area contributed by atoms with Gasteiger partial charge < -0.3 is 20.4 Å². The van der Waals surface area contributed by atoms with Gasteiger partial charge in [-0.2, -0.15) is 0 Å². The molecule has 162 valence electrons. The maximum absolute atomic E-state index is 14.6. The minimum atomic E-state index is -0.589. The van der Waals surface area contributed by atoms with E-state index in [1.165, 1.54) is 6.07 Å². The molecule has 3 atom stereocenters. The van der Waals surface area contributed by atoms with Crippen molar-refractivity contribution >= 4 is 22.9 Å². The van der Waals surface area contributed by atoms with Gasteiger partial charge in [0, 0.05) is 29.6 Å². The second kappa shape index (κ2) is 7.44. The van der Waals surface area contributed by atoms with E-state index in [0.717, 1.165) is 38.1 Å². The number of hydrogen-bond acceptors (Lipinski definition) is 6. The molecule has 0 radical (unpaired) electrons. The van der Waals surface area contributed by atoms with Crippen LogP contribution < -0.4 is 10.6 Å². The molecule has 1 amide bonds. The van der Waals surface area contributed by atoms with Crippen molar-refractivity contribution in [1.29, 1.82) is 0 Å². The molecule has 4 heterocycles. The second-order valence-corrected chi connectivity index (χ2v) is 8.14. The van der Waals surface area contributed by atoms with Crippen LogP contribution in [0.15, 0.2) is 24.7 Å². The second-order valence-electron chi connectivity index (χ2n) is 8.14. The molecule has 3 aromatic heterocycles. The van der Waals surface area contributed by atoms with Gasteiger partial charge >= 0.3 is 6.09 Å². The summed E-state index contributed by atoms with van der Waals surface area (Å²) in [6.07, 6.45) is 7.18. The number of anilines is 1. The summed E-state index contributed by atoms with van der Waals surface area (Å²) in [5, 5.41) is 6.57. The highest BCUT2D eigenvalue weighted by molar-refractivity contribution is 5.91. The van der Waals surface area contributed by atoms with E-state index in [-0.39, 0.29) is 23.7 Å². The first-order valence-electron chi connectivity index (χ1n) is 10.4. The SMILES string of the molecule is CC[C@@H]1NC(=O)O[C@@]12CCC[C@H](Nc1nc(-c3c[nH]c4ncc(F)cc34)ncc1F)C2. The molecule has 10 heteroatoms. The van der Waals surface area contributed by atoms with Gasteiger partial charge in [0.2, 0.25) is 0 Å². The van der Waals surface area contributed by atoms with Crippen LogP contribution in [-0.4, -0.2) is 43.7 Å². The van der Waals surface area contributed by atoms with Crippen molar-refractivity contribution in [2.45, 2.75) is 56.7 Å². The lowest BCUT2D eigenvalue weighted by molar-refractivity contribution is 0.000226. The van der Waals surface area contributed by atoms with Gasteiger partial charge in [0.1, 0.15) is 17.1 Å². The molecular weight excluding hydrogens is 406 g/mol. The Balaban J connectivity index is 1.42. The number of rotatable bonds is 4. The van der Waals surface area contributed by atoms with E-state index in [1.807, 2.05) is 6.92 Å². The number of hydrogen-bond donors (Lipinski definition) is 3. The average molecular weight is 428 g/mol. The minimum absolute atomic E-state index is 0.0657. The number of alkyl carbamates (subject to hydrolysis) is 1. The van der Waals surface area contributed by atoms with Crippen LogP contribution >= 0.6 is 0 Å². The van der Waals surface area contributed by atoms with Crippen LogP contribution in [0.5, 0.6) is 0 Å². The number of fused-ring (bicyclic) bond motifs is 1. The lowest BCUT2D eigenvalue weighted by Gasteiger charge is -2.39. The predicted molar refractivity (Wildman–Crippen MR) is 109 cm³/mol. The lowest BCUT2D eigenvalue weighted by atomic mass is 9.76.